The Bertz CT molecular complexity index is 743. The number of rotatable bonds is 7. The minimum Gasteiger partial charge on any atom is -0.353 e. The van der Waals surface area contributed by atoms with Crippen molar-refractivity contribution in [3.05, 3.63) is 48.0 Å². The Morgan fingerprint density at radius 1 is 0.920 bits per heavy atom. The largest absolute Gasteiger partial charge is 0.353 e. The monoisotopic (exact) mass is 341 g/mol. The quantitative estimate of drug-likeness (QED) is 0.813. The predicted molar refractivity (Wildman–Crippen MR) is 101 cm³/mol. The molecule has 0 radical (unpaired) electrons. The van der Waals surface area contributed by atoms with Crippen LogP contribution in [0.4, 0.5) is 0 Å². The van der Waals surface area contributed by atoms with Gasteiger partial charge in [0, 0.05) is 6.04 Å². The number of hydrogen-bond donors (Lipinski definition) is 2. The van der Waals surface area contributed by atoms with Gasteiger partial charge < -0.3 is 10.6 Å². The van der Waals surface area contributed by atoms with Crippen LogP contribution >= 0.6 is 0 Å². The fourth-order valence-electron chi connectivity index (χ4n) is 2.76. The molecule has 0 saturated carbocycles. The molecule has 25 heavy (non-hydrogen) atoms. The average Bonchev–Trinajstić information content (AvgIpc) is 2.52. The Morgan fingerprint density at radius 3 is 2.16 bits per heavy atom. The molecule has 5 nitrogen and oxygen atoms in total. The van der Waals surface area contributed by atoms with E-state index in [0.29, 0.717) is 0 Å². The molecule has 0 fully saturated rings. The molecule has 0 heterocycles. The SMILES string of the molecule is CC(C)NC(=O)CN(C)CC(=O)N[C@@H](C)c1ccc2ccccc2c1. The van der Waals surface area contributed by atoms with Gasteiger partial charge in [0.15, 0.2) is 0 Å². The predicted octanol–water partition coefficient (Wildman–Crippen LogP) is 2.47. The smallest absolute Gasteiger partial charge is 0.234 e. The summed E-state index contributed by atoms with van der Waals surface area (Å²) in [5.74, 6) is -0.173. The van der Waals surface area contributed by atoms with Crippen molar-refractivity contribution in [3.63, 3.8) is 0 Å². The zero-order chi connectivity index (χ0) is 18.4. The number of benzene rings is 2. The van der Waals surface area contributed by atoms with E-state index in [1.807, 2.05) is 39.0 Å². The van der Waals surface area contributed by atoms with E-state index in [1.54, 1.807) is 11.9 Å². The van der Waals surface area contributed by atoms with E-state index in [2.05, 4.69) is 34.9 Å². The molecule has 1 atom stereocenters. The fourth-order valence-corrected chi connectivity index (χ4v) is 2.76. The second-order valence-electron chi connectivity index (χ2n) is 6.79. The van der Waals surface area contributed by atoms with Crippen LogP contribution in [0.1, 0.15) is 32.4 Å². The highest BCUT2D eigenvalue weighted by molar-refractivity contribution is 5.84. The first kappa shape index (κ1) is 18.9. The molecule has 2 aromatic rings. The summed E-state index contributed by atoms with van der Waals surface area (Å²) in [6.07, 6.45) is 0. The number of carbonyl (C=O) groups excluding carboxylic acids is 2. The Labute approximate surface area is 149 Å². The van der Waals surface area contributed by atoms with Gasteiger partial charge in [0.05, 0.1) is 19.1 Å². The van der Waals surface area contributed by atoms with Gasteiger partial charge in [-0.2, -0.15) is 0 Å². The van der Waals surface area contributed by atoms with Crippen LogP contribution in [-0.2, 0) is 9.59 Å². The van der Waals surface area contributed by atoms with Gasteiger partial charge in [-0.05, 0) is 50.2 Å². The first-order valence-corrected chi connectivity index (χ1v) is 8.61. The van der Waals surface area contributed by atoms with Crippen LogP contribution in [0.25, 0.3) is 10.8 Å². The van der Waals surface area contributed by atoms with Gasteiger partial charge >= 0.3 is 0 Å². The maximum absolute atomic E-state index is 12.2. The Morgan fingerprint density at radius 2 is 1.52 bits per heavy atom. The first-order valence-electron chi connectivity index (χ1n) is 8.61. The van der Waals surface area contributed by atoms with Crippen LogP contribution in [0.5, 0.6) is 0 Å². The third kappa shape index (κ3) is 5.87. The topological polar surface area (TPSA) is 61.4 Å². The van der Waals surface area contributed by atoms with Crippen LogP contribution in [0, 0.1) is 0 Å². The van der Waals surface area contributed by atoms with Crippen molar-refractivity contribution in [2.45, 2.75) is 32.9 Å². The van der Waals surface area contributed by atoms with E-state index < -0.39 is 0 Å². The molecule has 134 valence electrons. The molecule has 0 unspecified atom stereocenters. The van der Waals surface area contributed by atoms with E-state index in [9.17, 15) is 9.59 Å². The lowest BCUT2D eigenvalue weighted by atomic mass is 10.0. The number of hydrogen-bond acceptors (Lipinski definition) is 3. The number of nitrogens with zero attached hydrogens (tertiary/aromatic N) is 1. The fraction of sp³-hybridized carbons (Fsp3) is 0.400. The number of nitrogens with one attached hydrogen (secondary N) is 2. The summed E-state index contributed by atoms with van der Waals surface area (Å²) < 4.78 is 0. The maximum Gasteiger partial charge on any atom is 0.234 e. The molecule has 2 amide bonds. The summed E-state index contributed by atoms with van der Waals surface area (Å²) in [6, 6.07) is 14.4. The molecule has 2 rings (SSSR count). The van der Waals surface area contributed by atoms with Gasteiger partial charge in [0.2, 0.25) is 11.8 Å². The summed E-state index contributed by atoms with van der Waals surface area (Å²) in [4.78, 5) is 25.7. The molecule has 0 aliphatic carbocycles. The molecule has 0 spiro atoms. The Hall–Kier alpha value is -2.40. The van der Waals surface area contributed by atoms with Crippen LogP contribution in [0.3, 0.4) is 0 Å². The molecule has 0 aliphatic rings. The Balaban J connectivity index is 1.89. The highest BCUT2D eigenvalue weighted by Crippen LogP contribution is 2.20. The minimum absolute atomic E-state index is 0.0760. The molecule has 0 bridgehead atoms. The summed E-state index contributed by atoms with van der Waals surface area (Å²) >= 11 is 0. The lowest BCUT2D eigenvalue weighted by Gasteiger charge is -2.19. The van der Waals surface area contributed by atoms with Crippen molar-refractivity contribution in [3.8, 4) is 0 Å². The molecular formula is C20H27N3O2. The first-order chi connectivity index (χ1) is 11.8. The number of likely N-dealkylation sites (N-methyl/N-ethyl adjacent to an activating group) is 1. The highest BCUT2D eigenvalue weighted by Gasteiger charge is 2.14. The molecule has 0 aromatic heterocycles. The van der Waals surface area contributed by atoms with Crippen molar-refractivity contribution in [2.24, 2.45) is 0 Å². The number of fused-ring (bicyclic) bond motifs is 1. The minimum atomic E-state index is -0.0968. The van der Waals surface area contributed by atoms with Gasteiger partial charge in [-0.15, -0.1) is 0 Å². The van der Waals surface area contributed by atoms with E-state index in [-0.39, 0.29) is 37.0 Å². The molecule has 2 N–H and O–H groups in total. The second kappa shape index (κ2) is 8.62. The molecule has 2 aromatic carbocycles. The standard InChI is InChI=1S/C20H27N3O2/c1-14(2)21-19(24)12-23(4)13-20(25)22-15(3)17-10-9-16-7-5-6-8-18(16)11-17/h5-11,14-15H,12-13H2,1-4H3,(H,21,24)(H,22,25)/t15-/m0/s1. The average molecular weight is 341 g/mol. The van der Waals surface area contributed by atoms with Gasteiger partial charge in [-0.25, -0.2) is 0 Å². The van der Waals surface area contributed by atoms with E-state index in [1.165, 1.54) is 5.39 Å². The van der Waals surface area contributed by atoms with Crippen molar-refractivity contribution in [1.29, 1.82) is 0 Å². The summed E-state index contributed by atoms with van der Waals surface area (Å²) in [6.45, 7) is 6.18. The zero-order valence-corrected chi connectivity index (χ0v) is 15.4. The van der Waals surface area contributed by atoms with Crippen molar-refractivity contribution >= 4 is 22.6 Å². The van der Waals surface area contributed by atoms with Gasteiger partial charge in [0.1, 0.15) is 0 Å². The van der Waals surface area contributed by atoms with Crippen LogP contribution < -0.4 is 10.6 Å². The van der Waals surface area contributed by atoms with Crippen LogP contribution in [0.15, 0.2) is 42.5 Å². The second-order valence-corrected chi connectivity index (χ2v) is 6.79. The summed E-state index contributed by atoms with van der Waals surface area (Å²) in [5.41, 5.74) is 1.06. The zero-order valence-electron chi connectivity index (χ0n) is 15.4. The normalized spacial score (nSPS) is 12.4. The van der Waals surface area contributed by atoms with Crippen LogP contribution in [0.2, 0.25) is 0 Å². The molecular weight excluding hydrogens is 314 g/mol. The number of amides is 2. The lowest BCUT2D eigenvalue weighted by Crippen LogP contribution is -2.42. The Kier molecular flexibility index (Phi) is 6.53. The van der Waals surface area contributed by atoms with Crippen LogP contribution in [-0.4, -0.2) is 42.9 Å². The van der Waals surface area contributed by atoms with E-state index in [4.69, 9.17) is 0 Å². The van der Waals surface area contributed by atoms with Crippen molar-refractivity contribution in [1.82, 2.24) is 15.5 Å². The van der Waals surface area contributed by atoms with Crippen molar-refractivity contribution in [2.75, 3.05) is 20.1 Å². The molecule has 5 heteroatoms. The van der Waals surface area contributed by atoms with Gasteiger partial charge in [0.25, 0.3) is 0 Å². The molecule has 0 saturated heterocycles. The third-order valence-corrected chi connectivity index (χ3v) is 3.93. The summed E-state index contributed by atoms with van der Waals surface area (Å²) in [5, 5.41) is 8.15. The van der Waals surface area contributed by atoms with Gasteiger partial charge in [-0.3, -0.25) is 14.5 Å². The van der Waals surface area contributed by atoms with Gasteiger partial charge in [-0.1, -0.05) is 36.4 Å². The maximum atomic E-state index is 12.2. The van der Waals surface area contributed by atoms with E-state index >= 15 is 0 Å². The van der Waals surface area contributed by atoms with E-state index in [0.717, 1.165) is 10.9 Å². The van der Waals surface area contributed by atoms with Crippen molar-refractivity contribution < 1.29 is 9.59 Å². The lowest BCUT2D eigenvalue weighted by molar-refractivity contribution is -0.125. The number of carbonyl (C=O) groups is 2. The summed E-state index contributed by atoms with van der Waals surface area (Å²) in [7, 11) is 1.76. The molecule has 0 aliphatic heterocycles. The third-order valence-electron chi connectivity index (χ3n) is 3.93. The highest BCUT2D eigenvalue weighted by atomic mass is 16.2.